The second kappa shape index (κ2) is 7.78. The summed E-state index contributed by atoms with van der Waals surface area (Å²) in [5.74, 6) is -0.699. The number of hydrogen-bond acceptors (Lipinski definition) is 4. The molecule has 3 amide bonds. The van der Waals surface area contributed by atoms with Crippen molar-refractivity contribution in [2.45, 2.75) is 33.0 Å². The van der Waals surface area contributed by atoms with Gasteiger partial charge in [0.2, 0.25) is 5.91 Å². The van der Waals surface area contributed by atoms with Crippen molar-refractivity contribution in [3.05, 3.63) is 22.4 Å². The van der Waals surface area contributed by atoms with Crippen molar-refractivity contribution in [1.29, 1.82) is 0 Å². The number of rotatable bonds is 5. The van der Waals surface area contributed by atoms with Gasteiger partial charge in [0.1, 0.15) is 6.54 Å². The van der Waals surface area contributed by atoms with Crippen LogP contribution in [0.4, 0.5) is 18.0 Å². The van der Waals surface area contributed by atoms with Gasteiger partial charge in [-0.25, -0.2) is 4.79 Å². The highest BCUT2D eigenvalue weighted by Gasteiger charge is 2.29. The number of halogens is 3. The number of hydrogen-bond donors (Lipinski definition) is 3. The van der Waals surface area contributed by atoms with Crippen molar-refractivity contribution >= 4 is 23.3 Å². The summed E-state index contributed by atoms with van der Waals surface area (Å²) < 4.78 is 35.9. The minimum atomic E-state index is -4.52. The lowest BCUT2D eigenvalue weighted by atomic mass is 9.86. The molecular weight excluding hydrogens is 331 g/mol. The number of urea groups is 1. The normalized spacial score (nSPS) is 13.5. The van der Waals surface area contributed by atoms with Crippen LogP contribution in [0.1, 0.15) is 31.7 Å². The summed E-state index contributed by atoms with van der Waals surface area (Å²) in [6.07, 6.45) is -4.52. The van der Waals surface area contributed by atoms with Crippen LogP contribution in [0.2, 0.25) is 0 Å². The van der Waals surface area contributed by atoms with Gasteiger partial charge >= 0.3 is 12.2 Å². The zero-order valence-electron chi connectivity index (χ0n) is 13.1. The summed E-state index contributed by atoms with van der Waals surface area (Å²) in [5, 5.41) is 8.39. The highest BCUT2D eigenvalue weighted by molar-refractivity contribution is 7.10. The van der Waals surface area contributed by atoms with Gasteiger partial charge in [-0.1, -0.05) is 26.8 Å². The fraction of sp³-hybridized carbons (Fsp3) is 0.571. The Morgan fingerprint density at radius 1 is 1.26 bits per heavy atom. The molecule has 5 nitrogen and oxygen atoms in total. The van der Waals surface area contributed by atoms with E-state index in [-0.39, 0.29) is 18.0 Å². The largest absolute Gasteiger partial charge is 0.405 e. The van der Waals surface area contributed by atoms with E-state index in [1.54, 1.807) is 5.32 Å². The molecule has 1 atom stereocenters. The van der Waals surface area contributed by atoms with E-state index >= 15 is 0 Å². The van der Waals surface area contributed by atoms with Crippen molar-refractivity contribution in [3.8, 4) is 0 Å². The Kier molecular flexibility index (Phi) is 6.57. The molecule has 0 aliphatic carbocycles. The molecule has 0 radical (unpaired) electrons. The van der Waals surface area contributed by atoms with Crippen LogP contribution in [0.3, 0.4) is 0 Å². The lowest BCUT2D eigenvalue weighted by molar-refractivity contribution is -0.124. The highest BCUT2D eigenvalue weighted by atomic mass is 32.1. The van der Waals surface area contributed by atoms with Gasteiger partial charge in [0.05, 0.1) is 6.54 Å². The molecule has 9 heteroatoms. The Labute approximate surface area is 136 Å². The zero-order valence-corrected chi connectivity index (χ0v) is 13.9. The lowest BCUT2D eigenvalue weighted by Crippen LogP contribution is -2.47. The summed E-state index contributed by atoms with van der Waals surface area (Å²) in [4.78, 5) is 23.9. The molecule has 1 rings (SSSR count). The lowest BCUT2D eigenvalue weighted by Gasteiger charge is -2.30. The number of amides is 3. The van der Waals surface area contributed by atoms with Crippen LogP contribution in [-0.4, -0.2) is 31.2 Å². The van der Waals surface area contributed by atoms with Crippen molar-refractivity contribution in [3.63, 3.8) is 0 Å². The average Bonchev–Trinajstić information content (AvgIpc) is 2.87. The quantitative estimate of drug-likeness (QED) is 0.764. The van der Waals surface area contributed by atoms with Crippen LogP contribution >= 0.6 is 11.3 Å². The number of thiophene rings is 1. The molecule has 0 aliphatic heterocycles. The molecule has 3 N–H and O–H groups in total. The molecule has 0 fully saturated rings. The van der Waals surface area contributed by atoms with Gasteiger partial charge in [0, 0.05) is 10.9 Å². The maximum absolute atomic E-state index is 12.0. The van der Waals surface area contributed by atoms with E-state index in [4.69, 9.17) is 0 Å². The van der Waals surface area contributed by atoms with Crippen LogP contribution in [0, 0.1) is 5.41 Å². The molecule has 1 aromatic rings. The van der Waals surface area contributed by atoms with Crippen LogP contribution in [0.5, 0.6) is 0 Å². The number of carbonyl (C=O) groups is 2. The third-order valence-corrected chi connectivity index (χ3v) is 3.80. The maximum atomic E-state index is 12.0. The second-order valence-electron chi connectivity index (χ2n) is 6.04. The monoisotopic (exact) mass is 351 g/mol. The first-order valence-electron chi connectivity index (χ1n) is 6.90. The van der Waals surface area contributed by atoms with Gasteiger partial charge in [-0.2, -0.15) is 13.2 Å². The summed E-state index contributed by atoms with van der Waals surface area (Å²) in [7, 11) is 0. The summed E-state index contributed by atoms with van der Waals surface area (Å²) >= 11 is 1.54. The van der Waals surface area contributed by atoms with Crippen LogP contribution in [-0.2, 0) is 4.79 Å². The van der Waals surface area contributed by atoms with E-state index in [1.807, 2.05) is 43.6 Å². The van der Waals surface area contributed by atoms with Gasteiger partial charge in [-0.15, -0.1) is 11.3 Å². The second-order valence-corrected chi connectivity index (χ2v) is 7.02. The number of carbonyl (C=O) groups excluding carboxylic acids is 2. The smallest absolute Gasteiger partial charge is 0.329 e. The molecule has 23 heavy (non-hydrogen) atoms. The standard InChI is InChI=1S/C14H20F3N3O2S/c1-13(2,3)11(9-5-4-6-23-9)18-7-10(21)20-12(22)19-8-14(15,16)17/h4-6,11,18H,7-8H2,1-3H3,(H2,19,20,21,22)/t11-/m1/s1. The average molecular weight is 351 g/mol. The van der Waals surface area contributed by atoms with Crippen LogP contribution in [0.15, 0.2) is 17.5 Å². The summed E-state index contributed by atoms with van der Waals surface area (Å²) in [6.45, 7) is 4.33. The minimum Gasteiger partial charge on any atom is -0.329 e. The van der Waals surface area contributed by atoms with E-state index in [2.05, 4.69) is 5.32 Å². The van der Waals surface area contributed by atoms with Crippen molar-refractivity contribution in [2.24, 2.45) is 5.41 Å². The Balaban J connectivity index is 2.49. The zero-order chi connectivity index (χ0) is 17.7. The first-order chi connectivity index (χ1) is 10.5. The fourth-order valence-electron chi connectivity index (χ4n) is 1.88. The van der Waals surface area contributed by atoms with E-state index < -0.39 is 24.7 Å². The minimum absolute atomic E-state index is 0.119. The molecule has 0 aliphatic rings. The fourth-order valence-corrected chi connectivity index (χ4v) is 2.92. The topological polar surface area (TPSA) is 70.2 Å². The molecule has 0 unspecified atom stereocenters. The predicted octanol–water partition coefficient (Wildman–Crippen LogP) is 2.81. The Morgan fingerprint density at radius 2 is 1.91 bits per heavy atom. The van der Waals surface area contributed by atoms with Gasteiger partial charge in [0.25, 0.3) is 0 Å². The Hall–Kier alpha value is -1.61. The molecule has 1 heterocycles. The van der Waals surface area contributed by atoms with Crippen LogP contribution in [0.25, 0.3) is 0 Å². The number of imide groups is 1. The third-order valence-electron chi connectivity index (χ3n) is 2.86. The maximum Gasteiger partial charge on any atom is 0.405 e. The van der Waals surface area contributed by atoms with Crippen LogP contribution < -0.4 is 16.0 Å². The van der Waals surface area contributed by atoms with E-state index in [0.29, 0.717) is 0 Å². The van der Waals surface area contributed by atoms with E-state index in [1.165, 1.54) is 11.3 Å². The first-order valence-corrected chi connectivity index (χ1v) is 7.78. The van der Waals surface area contributed by atoms with Crippen molar-refractivity contribution in [2.75, 3.05) is 13.1 Å². The van der Waals surface area contributed by atoms with Crippen molar-refractivity contribution in [1.82, 2.24) is 16.0 Å². The number of alkyl halides is 3. The summed E-state index contributed by atoms with van der Waals surface area (Å²) in [6, 6.07) is 2.54. The van der Waals surface area contributed by atoms with Gasteiger partial charge in [0.15, 0.2) is 0 Å². The molecule has 130 valence electrons. The summed E-state index contributed by atoms with van der Waals surface area (Å²) in [5.41, 5.74) is -0.177. The molecule has 0 aromatic carbocycles. The molecule has 0 saturated heterocycles. The van der Waals surface area contributed by atoms with Gasteiger partial charge < -0.3 is 10.6 Å². The Bertz CT molecular complexity index is 524. The predicted molar refractivity (Wildman–Crippen MR) is 82.1 cm³/mol. The highest BCUT2D eigenvalue weighted by Crippen LogP contribution is 2.34. The number of nitrogens with one attached hydrogen (secondary N) is 3. The molecule has 0 bridgehead atoms. The van der Waals surface area contributed by atoms with E-state index in [0.717, 1.165) is 4.88 Å². The van der Waals surface area contributed by atoms with Gasteiger partial charge in [-0.3, -0.25) is 10.1 Å². The van der Waals surface area contributed by atoms with Crippen molar-refractivity contribution < 1.29 is 22.8 Å². The molecule has 1 aromatic heterocycles. The molecule has 0 spiro atoms. The van der Waals surface area contributed by atoms with E-state index in [9.17, 15) is 22.8 Å². The Morgan fingerprint density at radius 3 is 2.39 bits per heavy atom. The third kappa shape index (κ3) is 7.47. The SMILES string of the molecule is CC(C)(C)[C@H](NCC(=O)NC(=O)NCC(F)(F)F)c1cccs1. The molecule has 0 saturated carbocycles. The van der Waals surface area contributed by atoms with Gasteiger partial charge in [-0.05, 0) is 16.9 Å². The molecular formula is C14H20F3N3O2S. The first kappa shape index (κ1) is 19.4.